The van der Waals surface area contributed by atoms with Crippen molar-refractivity contribution in [3.05, 3.63) is 64.0 Å². The Morgan fingerprint density at radius 1 is 1.27 bits per heavy atom. The minimum atomic E-state index is -1.09. The highest BCUT2D eigenvalue weighted by Gasteiger charge is 2.23. The Bertz CT molecular complexity index is 913. The number of hydrogen-bond acceptors (Lipinski definition) is 5. The average molecular weight is 389 g/mol. The number of carboxylic acids is 1. The van der Waals surface area contributed by atoms with Crippen molar-refractivity contribution in [3.63, 3.8) is 0 Å². The van der Waals surface area contributed by atoms with E-state index in [9.17, 15) is 9.59 Å². The van der Waals surface area contributed by atoms with Gasteiger partial charge in [-0.25, -0.2) is 9.79 Å². The molecule has 1 aliphatic rings. The molecule has 1 heterocycles. The highest BCUT2D eigenvalue weighted by Crippen LogP contribution is 2.30. The molecular formula is C18H13ClN2O4S. The second kappa shape index (κ2) is 8.07. The molecule has 6 nitrogen and oxygen atoms in total. The highest BCUT2D eigenvalue weighted by molar-refractivity contribution is 8.18. The molecule has 0 aliphatic carbocycles. The summed E-state index contributed by atoms with van der Waals surface area (Å²) < 4.78 is 5.07. The van der Waals surface area contributed by atoms with Crippen LogP contribution in [-0.2, 0) is 9.59 Å². The van der Waals surface area contributed by atoms with Crippen molar-refractivity contribution in [1.29, 1.82) is 0 Å². The summed E-state index contributed by atoms with van der Waals surface area (Å²) in [5.41, 5.74) is 1.44. The number of aliphatic imine (C=N–C) groups is 1. The Balaban J connectivity index is 1.75. The van der Waals surface area contributed by atoms with Gasteiger partial charge in [-0.15, -0.1) is 0 Å². The largest absolute Gasteiger partial charge is 0.480 e. The molecule has 0 unspecified atom stereocenters. The Kier molecular flexibility index (Phi) is 5.60. The summed E-state index contributed by atoms with van der Waals surface area (Å²) in [6, 6.07) is 14.2. The van der Waals surface area contributed by atoms with Crippen molar-refractivity contribution in [2.45, 2.75) is 0 Å². The third-order valence-electron chi connectivity index (χ3n) is 3.24. The summed E-state index contributed by atoms with van der Waals surface area (Å²) in [5.74, 6) is -1.06. The van der Waals surface area contributed by atoms with Gasteiger partial charge in [-0.2, -0.15) is 0 Å². The third-order valence-corrected chi connectivity index (χ3v) is 4.45. The first-order chi connectivity index (χ1) is 12.5. The van der Waals surface area contributed by atoms with Crippen LogP contribution in [0.2, 0.25) is 5.02 Å². The number of nitrogens with zero attached hydrogens (tertiary/aromatic N) is 1. The topological polar surface area (TPSA) is 88.0 Å². The molecule has 1 saturated heterocycles. The van der Waals surface area contributed by atoms with E-state index in [1.807, 2.05) is 30.3 Å². The predicted molar refractivity (Wildman–Crippen MR) is 102 cm³/mol. The zero-order valence-corrected chi connectivity index (χ0v) is 14.9. The van der Waals surface area contributed by atoms with Crippen LogP contribution in [0.15, 0.2) is 58.4 Å². The Labute approximate surface area is 158 Å². The molecule has 1 amide bonds. The minimum absolute atomic E-state index is 0.244. The van der Waals surface area contributed by atoms with E-state index in [2.05, 4.69) is 10.3 Å². The lowest BCUT2D eigenvalue weighted by Gasteiger charge is -2.06. The van der Waals surface area contributed by atoms with Gasteiger partial charge in [0.25, 0.3) is 5.91 Å². The number of benzene rings is 2. The van der Waals surface area contributed by atoms with Crippen LogP contribution in [0.25, 0.3) is 6.08 Å². The number of thioether (sulfide) groups is 1. The molecule has 2 aromatic carbocycles. The Morgan fingerprint density at radius 2 is 2.04 bits per heavy atom. The fourth-order valence-electron chi connectivity index (χ4n) is 2.12. The first-order valence-corrected chi connectivity index (χ1v) is 8.69. The summed E-state index contributed by atoms with van der Waals surface area (Å²) in [6.45, 7) is -0.474. The van der Waals surface area contributed by atoms with Gasteiger partial charge in [0.15, 0.2) is 11.8 Å². The molecule has 132 valence electrons. The maximum absolute atomic E-state index is 12.1. The normalized spacial score (nSPS) is 16.7. The molecule has 0 spiro atoms. The lowest BCUT2D eigenvalue weighted by molar-refractivity contribution is -0.139. The first-order valence-electron chi connectivity index (χ1n) is 7.50. The van der Waals surface area contributed by atoms with Crippen LogP contribution in [0, 0.1) is 0 Å². The van der Waals surface area contributed by atoms with Gasteiger partial charge in [0.1, 0.15) is 5.75 Å². The zero-order valence-electron chi connectivity index (χ0n) is 13.3. The molecule has 1 aliphatic heterocycles. The van der Waals surface area contributed by atoms with E-state index in [1.165, 1.54) is 11.8 Å². The molecular weight excluding hydrogens is 376 g/mol. The van der Waals surface area contributed by atoms with Crippen LogP contribution in [-0.4, -0.2) is 28.8 Å². The van der Waals surface area contributed by atoms with E-state index in [4.69, 9.17) is 21.4 Å². The van der Waals surface area contributed by atoms with Crippen molar-refractivity contribution in [1.82, 2.24) is 5.32 Å². The molecule has 8 heteroatoms. The summed E-state index contributed by atoms with van der Waals surface area (Å²) in [4.78, 5) is 27.5. The molecule has 0 atom stereocenters. The van der Waals surface area contributed by atoms with Gasteiger partial charge in [-0.1, -0.05) is 35.9 Å². The number of carbonyl (C=O) groups excluding carboxylic acids is 1. The van der Waals surface area contributed by atoms with E-state index < -0.39 is 12.6 Å². The predicted octanol–water partition coefficient (Wildman–Crippen LogP) is 3.70. The number of ether oxygens (including phenoxy) is 1. The lowest BCUT2D eigenvalue weighted by Crippen LogP contribution is -2.19. The number of rotatable bonds is 5. The fraction of sp³-hybridized carbons (Fsp3) is 0.0556. The molecule has 0 radical (unpaired) electrons. The van der Waals surface area contributed by atoms with Crippen LogP contribution in [0.5, 0.6) is 5.75 Å². The molecule has 2 N–H and O–H groups in total. The summed E-state index contributed by atoms with van der Waals surface area (Å²) in [5, 5.41) is 12.1. The molecule has 0 saturated carbocycles. The van der Waals surface area contributed by atoms with Gasteiger partial charge >= 0.3 is 5.97 Å². The van der Waals surface area contributed by atoms with Gasteiger partial charge in [0, 0.05) is 0 Å². The van der Waals surface area contributed by atoms with E-state index in [0.717, 1.165) is 5.69 Å². The Hall–Kier alpha value is -2.77. The van der Waals surface area contributed by atoms with Gasteiger partial charge in [-0.3, -0.25) is 4.79 Å². The molecule has 0 bridgehead atoms. The maximum atomic E-state index is 12.1. The number of aliphatic carboxylic acids is 1. The van der Waals surface area contributed by atoms with Gasteiger partial charge in [0.2, 0.25) is 0 Å². The number of amides is 1. The quantitative estimate of drug-likeness (QED) is 0.762. The van der Waals surface area contributed by atoms with Crippen LogP contribution in [0.4, 0.5) is 5.69 Å². The minimum Gasteiger partial charge on any atom is -0.480 e. The zero-order chi connectivity index (χ0) is 18.5. The third kappa shape index (κ3) is 4.65. The van der Waals surface area contributed by atoms with Gasteiger partial charge in [0.05, 0.1) is 15.6 Å². The molecule has 2 aromatic rings. The van der Waals surface area contributed by atoms with E-state index >= 15 is 0 Å². The molecule has 3 rings (SSSR count). The van der Waals surface area contributed by atoms with Crippen molar-refractivity contribution in [2.24, 2.45) is 4.99 Å². The van der Waals surface area contributed by atoms with Crippen molar-refractivity contribution in [2.75, 3.05) is 6.61 Å². The molecule has 1 fully saturated rings. The lowest BCUT2D eigenvalue weighted by atomic mass is 10.2. The van der Waals surface area contributed by atoms with Crippen LogP contribution < -0.4 is 10.1 Å². The second-order valence-corrected chi connectivity index (χ2v) is 6.63. The van der Waals surface area contributed by atoms with E-state index in [-0.39, 0.29) is 16.7 Å². The van der Waals surface area contributed by atoms with E-state index in [1.54, 1.807) is 24.3 Å². The van der Waals surface area contributed by atoms with Crippen LogP contribution >= 0.6 is 23.4 Å². The van der Waals surface area contributed by atoms with Crippen molar-refractivity contribution >= 4 is 52.2 Å². The van der Waals surface area contributed by atoms with Crippen molar-refractivity contribution in [3.8, 4) is 5.75 Å². The maximum Gasteiger partial charge on any atom is 0.341 e. The van der Waals surface area contributed by atoms with Gasteiger partial charge < -0.3 is 15.2 Å². The second-order valence-electron chi connectivity index (χ2n) is 5.19. The fourth-order valence-corrected chi connectivity index (χ4v) is 3.20. The monoisotopic (exact) mass is 388 g/mol. The Morgan fingerprint density at radius 3 is 2.73 bits per heavy atom. The number of carboxylic acid groups (broad SMARTS) is 1. The number of para-hydroxylation sites is 1. The standard InChI is InChI=1S/C18H13ClN2O4S/c19-13-8-11(6-7-14(13)25-10-16(22)23)9-15-17(24)21-18(26-15)20-12-4-2-1-3-5-12/h1-9H,10H2,(H,22,23)(H,20,21,24). The summed E-state index contributed by atoms with van der Waals surface area (Å²) >= 11 is 7.32. The SMILES string of the molecule is O=C(O)COc1ccc(C=C2SC(=Nc3ccccc3)NC2=O)cc1Cl. The smallest absolute Gasteiger partial charge is 0.341 e. The number of halogens is 1. The molecule has 26 heavy (non-hydrogen) atoms. The summed E-state index contributed by atoms with van der Waals surface area (Å²) in [6.07, 6.45) is 1.68. The summed E-state index contributed by atoms with van der Waals surface area (Å²) in [7, 11) is 0. The number of carbonyl (C=O) groups is 2. The first kappa shape index (κ1) is 18.0. The highest BCUT2D eigenvalue weighted by atomic mass is 35.5. The van der Waals surface area contributed by atoms with Gasteiger partial charge in [-0.05, 0) is 47.7 Å². The van der Waals surface area contributed by atoms with Crippen molar-refractivity contribution < 1.29 is 19.4 Å². The van der Waals surface area contributed by atoms with Crippen LogP contribution in [0.1, 0.15) is 5.56 Å². The van der Waals surface area contributed by atoms with E-state index in [0.29, 0.717) is 15.6 Å². The molecule has 0 aromatic heterocycles. The number of nitrogens with one attached hydrogen (secondary N) is 1. The number of amidine groups is 1. The number of hydrogen-bond donors (Lipinski definition) is 2. The average Bonchev–Trinajstić information content (AvgIpc) is 2.94. The van der Waals surface area contributed by atoms with Crippen LogP contribution in [0.3, 0.4) is 0 Å².